The first-order chi connectivity index (χ1) is 11.8. The van der Waals surface area contributed by atoms with Crippen LogP contribution in [0.5, 0.6) is 0 Å². The zero-order valence-corrected chi connectivity index (χ0v) is 13.9. The van der Waals surface area contributed by atoms with Crippen LogP contribution in [0.4, 0.5) is 23.7 Å². The molecule has 2 aromatic rings. The maximum absolute atomic E-state index is 12.1. The van der Waals surface area contributed by atoms with Crippen molar-refractivity contribution in [3.05, 3.63) is 52.7 Å². The second kappa shape index (κ2) is 8.52. The third-order valence-electron chi connectivity index (χ3n) is 3.11. The zero-order chi connectivity index (χ0) is 18.3. The first-order valence-corrected chi connectivity index (χ1v) is 8.23. The van der Waals surface area contributed by atoms with E-state index in [1.54, 1.807) is 10.2 Å². The Morgan fingerprint density at radius 2 is 1.84 bits per heavy atom. The number of amides is 3. The summed E-state index contributed by atoms with van der Waals surface area (Å²) in [4.78, 5) is 25.1. The van der Waals surface area contributed by atoms with Gasteiger partial charge in [-0.3, -0.25) is 10.1 Å². The second-order valence-corrected chi connectivity index (χ2v) is 5.95. The van der Waals surface area contributed by atoms with E-state index in [1.807, 2.05) is 52.5 Å². The van der Waals surface area contributed by atoms with Gasteiger partial charge in [-0.2, -0.15) is 24.5 Å². The summed E-state index contributed by atoms with van der Waals surface area (Å²) in [7, 11) is 0. The highest BCUT2D eigenvalue weighted by atomic mass is 32.1. The van der Waals surface area contributed by atoms with Crippen molar-refractivity contribution in [1.82, 2.24) is 10.6 Å². The van der Waals surface area contributed by atoms with Crippen LogP contribution in [-0.2, 0) is 11.3 Å². The third-order valence-corrected chi connectivity index (χ3v) is 3.84. The normalized spacial score (nSPS) is 11.0. The molecule has 0 fully saturated rings. The van der Waals surface area contributed by atoms with Crippen LogP contribution in [0.15, 0.2) is 47.2 Å². The Kier molecular flexibility index (Phi) is 6.40. The lowest BCUT2D eigenvalue weighted by Crippen LogP contribution is -2.46. The lowest BCUT2D eigenvalue weighted by atomic mass is 10.2. The molecule has 0 aliphatic heterocycles. The van der Waals surface area contributed by atoms with Gasteiger partial charge >= 0.3 is 12.2 Å². The Hall–Kier alpha value is -2.55. The summed E-state index contributed by atoms with van der Waals surface area (Å²) in [6, 6.07) is 9.80. The smallest absolute Gasteiger partial charge is 0.358 e. The fourth-order valence-electron chi connectivity index (χ4n) is 2.04. The molecule has 134 valence electrons. The van der Waals surface area contributed by atoms with Crippen molar-refractivity contribution in [1.29, 1.82) is 0 Å². The molecule has 25 heavy (non-hydrogen) atoms. The highest BCUT2D eigenvalue weighted by Gasteiger charge is 2.28. The monoisotopic (exact) mass is 371 g/mol. The minimum Gasteiger partial charge on any atom is -0.358 e. The van der Waals surface area contributed by atoms with Gasteiger partial charge in [-0.15, -0.1) is 0 Å². The number of benzene rings is 1. The summed E-state index contributed by atoms with van der Waals surface area (Å²) >= 11 is 1.52. The minimum absolute atomic E-state index is 0.167. The van der Waals surface area contributed by atoms with E-state index in [1.165, 1.54) is 11.3 Å². The molecule has 1 heterocycles. The number of hydrogen-bond donors (Lipinski definition) is 2. The standard InChI is InChI=1S/C16H16F3N3O2S/c17-16(18,19)11-20-15(24)21-14(23)9-22(8-12-6-7-25-10-12)13-4-2-1-3-5-13/h1-7,10H,8-9,11H2,(H2,20,21,23,24). The average Bonchev–Trinajstić information content (AvgIpc) is 3.05. The minimum atomic E-state index is -4.53. The van der Waals surface area contributed by atoms with Crippen molar-refractivity contribution in [2.45, 2.75) is 12.7 Å². The van der Waals surface area contributed by atoms with Gasteiger partial charge in [0.05, 0.1) is 6.54 Å². The van der Waals surface area contributed by atoms with Crippen molar-refractivity contribution in [3.63, 3.8) is 0 Å². The zero-order valence-electron chi connectivity index (χ0n) is 13.0. The number of urea groups is 1. The summed E-state index contributed by atoms with van der Waals surface area (Å²) in [5.41, 5.74) is 1.75. The molecule has 0 spiro atoms. The van der Waals surface area contributed by atoms with E-state index >= 15 is 0 Å². The number of nitrogens with zero attached hydrogens (tertiary/aromatic N) is 1. The molecule has 1 aromatic heterocycles. The summed E-state index contributed by atoms with van der Waals surface area (Å²) < 4.78 is 36.2. The van der Waals surface area contributed by atoms with Gasteiger partial charge in [-0.1, -0.05) is 18.2 Å². The first kappa shape index (κ1) is 18.8. The van der Waals surface area contributed by atoms with Crippen molar-refractivity contribution >= 4 is 29.0 Å². The van der Waals surface area contributed by atoms with Crippen LogP contribution in [0.1, 0.15) is 5.56 Å². The third kappa shape index (κ3) is 6.84. The van der Waals surface area contributed by atoms with E-state index in [-0.39, 0.29) is 6.54 Å². The molecule has 2 N–H and O–H groups in total. The Bertz CT molecular complexity index is 690. The molecular formula is C16H16F3N3O2S. The predicted octanol–water partition coefficient (Wildman–Crippen LogP) is 3.14. The summed E-state index contributed by atoms with van der Waals surface area (Å²) in [6.45, 7) is -1.23. The fraction of sp³-hybridized carbons (Fsp3) is 0.250. The summed E-state index contributed by atoms with van der Waals surface area (Å²) in [5.74, 6) is -0.696. The van der Waals surface area contributed by atoms with Gasteiger partial charge in [-0.25, -0.2) is 4.79 Å². The number of rotatable bonds is 6. The predicted molar refractivity (Wildman–Crippen MR) is 89.4 cm³/mol. The highest BCUT2D eigenvalue weighted by molar-refractivity contribution is 7.07. The highest BCUT2D eigenvalue weighted by Crippen LogP contribution is 2.18. The van der Waals surface area contributed by atoms with E-state index < -0.39 is 24.7 Å². The van der Waals surface area contributed by atoms with E-state index in [2.05, 4.69) is 0 Å². The number of hydrogen-bond acceptors (Lipinski definition) is 4. The molecule has 5 nitrogen and oxygen atoms in total. The quantitative estimate of drug-likeness (QED) is 0.820. The van der Waals surface area contributed by atoms with Crippen molar-refractivity contribution in [2.75, 3.05) is 18.0 Å². The molecule has 3 amide bonds. The molecule has 0 bridgehead atoms. The molecule has 0 aliphatic rings. The van der Waals surface area contributed by atoms with Crippen LogP contribution in [0.25, 0.3) is 0 Å². The van der Waals surface area contributed by atoms with Crippen molar-refractivity contribution in [3.8, 4) is 0 Å². The number of para-hydroxylation sites is 1. The lowest BCUT2D eigenvalue weighted by molar-refractivity contribution is -0.124. The average molecular weight is 371 g/mol. The number of carbonyl (C=O) groups is 2. The van der Waals surface area contributed by atoms with Gasteiger partial charge in [0.1, 0.15) is 6.54 Å². The Balaban J connectivity index is 1.96. The van der Waals surface area contributed by atoms with Gasteiger partial charge in [-0.05, 0) is 34.5 Å². The molecule has 2 rings (SSSR count). The Labute approximate surface area is 146 Å². The van der Waals surface area contributed by atoms with Gasteiger partial charge in [0, 0.05) is 12.2 Å². The van der Waals surface area contributed by atoms with E-state index in [0.29, 0.717) is 6.54 Å². The van der Waals surface area contributed by atoms with Crippen molar-refractivity contribution in [2.24, 2.45) is 0 Å². The number of alkyl halides is 3. The number of nitrogens with one attached hydrogen (secondary N) is 2. The van der Waals surface area contributed by atoms with Gasteiger partial charge in [0.2, 0.25) is 5.91 Å². The van der Waals surface area contributed by atoms with Crippen LogP contribution in [-0.4, -0.2) is 31.2 Å². The van der Waals surface area contributed by atoms with Crippen molar-refractivity contribution < 1.29 is 22.8 Å². The number of anilines is 1. The number of halogens is 3. The summed E-state index contributed by atoms with van der Waals surface area (Å²) in [5, 5.41) is 7.34. The van der Waals surface area contributed by atoms with Crippen LogP contribution < -0.4 is 15.5 Å². The van der Waals surface area contributed by atoms with Crippen LogP contribution >= 0.6 is 11.3 Å². The molecule has 1 aromatic carbocycles. The molecule has 0 saturated carbocycles. The lowest BCUT2D eigenvalue weighted by Gasteiger charge is -2.23. The Morgan fingerprint density at radius 3 is 2.44 bits per heavy atom. The molecule has 0 saturated heterocycles. The summed E-state index contributed by atoms with van der Waals surface area (Å²) in [6.07, 6.45) is -4.53. The van der Waals surface area contributed by atoms with E-state index in [9.17, 15) is 22.8 Å². The van der Waals surface area contributed by atoms with Crippen LogP contribution in [0.3, 0.4) is 0 Å². The van der Waals surface area contributed by atoms with Gasteiger partial charge < -0.3 is 10.2 Å². The molecule has 0 radical (unpaired) electrons. The largest absolute Gasteiger partial charge is 0.405 e. The maximum atomic E-state index is 12.1. The van der Waals surface area contributed by atoms with E-state index in [0.717, 1.165) is 11.3 Å². The molecule has 0 aliphatic carbocycles. The first-order valence-electron chi connectivity index (χ1n) is 7.29. The molecular weight excluding hydrogens is 355 g/mol. The second-order valence-electron chi connectivity index (χ2n) is 5.17. The maximum Gasteiger partial charge on any atom is 0.405 e. The van der Waals surface area contributed by atoms with Crippen LogP contribution in [0.2, 0.25) is 0 Å². The number of thiophene rings is 1. The fourth-order valence-corrected chi connectivity index (χ4v) is 2.70. The number of carbonyl (C=O) groups excluding carboxylic acids is 2. The molecule has 9 heteroatoms. The van der Waals surface area contributed by atoms with Gasteiger partial charge in [0.15, 0.2) is 0 Å². The molecule has 0 atom stereocenters. The molecule has 0 unspecified atom stereocenters. The van der Waals surface area contributed by atoms with E-state index in [4.69, 9.17) is 0 Å². The van der Waals surface area contributed by atoms with Crippen LogP contribution in [0, 0.1) is 0 Å². The SMILES string of the molecule is O=C(CN(Cc1ccsc1)c1ccccc1)NC(=O)NCC(F)(F)F. The topological polar surface area (TPSA) is 61.4 Å². The van der Waals surface area contributed by atoms with Gasteiger partial charge in [0.25, 0.3) is 0 Å². The number of imide groups is 1. The Morgan fingerprint density at radius 1 is 1.12 bits per heavy atom.